The first-order valence-electron chi connectivity index (χ1n) is 7.35. The monoisotopic (exact) mass is 362 g/mol. The molecule has 0 bridgehead atoms. The first-order chi connectivity index (χ1) is 11.6. The second-order valence-corrected chi connectivity index (χ2v) is 7.14. The molecule has 0 saturated heterocycles. The minimum Gasteiger partial charge on any atom is -0.494 e. The van der Waals surface area contributed by atoms with Crippen molar-refractivity contribution in [2.75, 3.05) is 17.7 Å². The number of thiazole rings is 1. The number of carbonyl (C=O) groups excluding carboxylic acids is 1. The van der Waals surface area contributed by atoms with Crippen molar-refractivity contribution in [3.8, 4) is 5.75 Å². The molecule has 0 atom stereocenters. The number of thioether (sulfide) groups is 1. The lowest BCUT2D eigenvalue weighted by Crippen LogP contribution is -2.13. The van der Waals surface area contributed by atoms with Crippen molar-refractivity contribution in [1.82, 2.24) is 4.98 Å². The van der Waals surface area contributed by atoms with Crippen LogP contribution in [0.25, 0.3) is 10.2 Å². The Kier molecular flexibility index (Phi) is 5.32. The number of nitrogens with zero attached hydrogens (tertiary/aromatic N) is 1. The van der Waals surface area contributed by atoms with Crippen molar-refractivity contribution in [1.29, 1.82) is 0 Å². The Hall–Kier alpha value is -2.12. The molecule has 0 fully saturated rings. The summed E-state index contributed by atoms with van der Waals surface area (Å²) in [5.41, 5.74) is 1.47. The third kappa shape index (κ3) is 4.24. The number of ether oxygens (including phenoxy) is 1. The van der Waals surface area contributed by atoms with Crippen LogP contribution >= 0.6 is 23.1 Å². The molecular formula is C17H15FN2O2S2. The third-order valence-electron chi connectivity index (χ3n) is 3.11. The molecule has 1 amide bonds. The molecule has 0 unspecified atom stereocenters. The molecular weight excluding hydrogens is 347 g/mol. The number of anilines is 1. The van der Waals surface area contributed by atoms with Crippen molar-refractivity contribution >= 4 is 44.9 Å². The Morgan fingerprint density at radius 1 is 1.29 bits per heavy atom. The molecule has 4 nitrogen and oxygen atoms in total. The Bertz CT molecular complexity index is 849. The maximum atomic E-state index is 12.8. The SMILES string of the molecule is CCOc1ccc2nc(SCC(=O)Nc3ccc(F)cc3)sc2c1. The molecule has 7 heteroatoms. The van der Waals surface area contributed by atoms with Crippen LogP contribution in [0.4, 0.5) is 10.1 Å². The third-order valence-corrected chi connectivity index (χ3v) is 5.27. The molecule has 3 aromatic rings. The maximum Gasteiger partial charge on any atom is 0.234 e. The van der Waals surface area contributed by atoms with Crippen LogP contribution in [-0.2, 0) is 4.79 Å². The summed E-state index contributed by atoms with van der Waals surface area (Å²) in [4.78, 5) is 16.5. The minimum atomic E-state index is -0.330. The van der Waals surface area contributed by atoms with E-state index >= 15 is 0 Å². The van der Waals surface area contributed by atoms with E-state index in [4.69, 9.17) is 4.74 Å². The first kappa shape index (κ1) is 16.7. The molecule has 1 aromatic heterocycles. The quantitative estimate of drug-likeness (QED) is 0.653. The van der Waals surface area contributed by atoms with Crippen molar-refractivity contribution in [2.45, 2.75) is 11.3 Å². The van der Waals surface area contributed by atoms with Gasteiger partial charge in [-0.05, 0) is 49.4 Å². The molecule has 0 aliphatic rings. The van der Waals surface area contributed by atoms with Crippen LogP contribution < -0.4 is 10.1 Å². The van der Waals surface area contributed by atoms with Gasteiger partial charge in [-0.1, -0.05) is 11.8 Å². The van der Waals surface area contributed by atoms with Crippen molar-refractivity contribution in [3.05, 3.63) is 48.3 Å². The predicted molar refractivity (Wildman–Crippen MR) is 96.5 cm³/mol. The standard InChI is InChI=1S/C17H15FN2O2S2/c1-2-22-13-7-8-14-15(9-13)24-17(20-14)23-10-16(21)19-12-5-3-11(18)4-6-12/h3-9H,2,10H2,1H3,(H,19,21). The van der Waals surface area contributed by atoms with Gasteiger partial charge in [-0.15, -0.1) is 11.3 Å². The molecule has 0 saturated carbocycles. The molecule has 3 rings (SSSR count). The molecule has 124 valence electrons. The topological polar surface area (TPSA) is 51.2 Å². The lowest BCUT2D eigenvalue weighted by molar-refractivity contribution is -0.113. The molecule has 0 aliphatic heterocycles. The summed E-state index contributed by atoms with van der Waals surface area (Å²) in [6.45, 7) is 2.56. The summed E-state index contributed by atoms with van der Waals surface area (Å²) < 4.78 is 20.2. The van der Waals surface area contributed by atoms with Crippen LogP contribution in [0.15, 0.2) is 46.8 Å². The molecule has 1 N–H and O–H groups in total. The fourth-order valence-electron chi connectivity index (χ4n) is 2.06. The molecule has 0 radical (unpaired) electrons. The molecule has 24 heavy (non-hydrogen) atoms. The second kappa shape index (κ2) is 7.63. The van der Waals surface area contributed by atoms with Gasteiger partial charge in [0, 0.05) is 5.69 Å². The van der Waals surface area contributed by atoms with Gasteiger partial charge in [-0.2, -0.15) is 0 Å². The highest BCUT2D eigenvalue weighted by Gasteiger charge is 2.09. The molecule has 0 aliphatic carbocycles. The van der Waals surface area contributed by atoms with E-state index in [9.17, 15) is 9.18 Å². The Labute approximate surface area is 147 Å². The van der Waals surface area contributed by atoms with E-state index in [1.807, 2.05) is 25.1 Å². The van der Waals surface area contributed by atoms with Gasteiger partial charge in [0.1, 0.15) is 11.6 Å². The summed E-state index contributed by atoms with van der Waals surface area (Å²) in [5, 5.41) is 2.73. The normalized spacial score (nSPS) is 10.8. The fourth-order valence-corrected chi connectivity index (χ4v) is 3.96. The van der Waals surface area contributed by atoms with Crippen LogP contribution in [0.2, 0.25) is 0 Å². The smallest absolute Gasteiger partial charge is 0.234 e. The van der Waals surface area contributed by atoms with Gasteiger partial charge in [-0.3, -0.25) is 4.79 Å². The molecule has 2 aromatic carbocycles. The van der Waals surface area contributed by atoms with Crippen molar-refractivity contribution < 1.29 is 13.9 Å². The number of rotatable bonds is 6. The average Bonchev–Trinajstić information content (AvgIpc) is 2.98. The summed E-state index contributed by atoms with van der Waals surface area (Å²) in [6, 6.07) is 11.5. The van der Waals surface area contributed by atoms with Gasteiger partial charge >= 0.3 is 0 Å². The summed E-state index contributed by atoms with van der Waals surface area (Å²) in [5.74, 6) is 0.582. The highest BCUT2D eigenvalue weighted by atomic mass is 32.2. The van der Waals surface area contributed by atoms with Crippen LogP contribution in [-0.4, -0.2) is 23.3 Å². The van der Waals surface area contributed by atoms with Crippen molar-refractivity contribution in [2.24, 2.45) is 0 Å². The number of benzene rings is 2. The highest BCUT2D eigenvalue weighted by molar-refractivity contribution is 8.01. The van der Waals surface area contributed by atoms with E-state index < -0.39 is 0 Å². The van der Waals surface area contributed by atoms with E-state index in [1.54, 1.807) is 0 Å². The summed E-state index contributed by atoms with van der Waals surface area (Å²) in [7, 11) is 0. The number of nitrogens with one attached hydrogen (secondary N) is 1. The van der Waals surface area contributed by atoms with Crippen LogP contribution in [0.3, 0.4) is 0 Å². The zero-order chi connectivity index (χ0) is 16.9. The lowest BCUT2D eigenvalue weighted by Gasteiger charge is -2.03. The van der Waals surface area contributed by atoms with Gasteiger partial charge < -0.3 is 10.1 Å². The van der Waals surface area contributed by atoms with Gasteiger partial charge in [-0.25, -0.2) is 9.37 Å². The number of aromatic nitrogens is 1. The number of halogens is 1. The number of carbonyl (C=O) groups is 1. The van der Waals surface area contributed by atoms with Crippen LogP contribution in [0.5, 0.6) is 5.75 Å². The first-order valence-corrected chi connectivity index (χ1v) is 9.16. The molecule has 0 spiro atoms. The molecule has 1 heterocycles. The van der Waals surface area contributed by atoms with Crippen LogP contribution in [0, 0.1) is 5.82 Å². The van der Waals surface area contributed by atoms with E-state index in [2.05, 4.69) is 10.3 Å². The Balaban J connectivity index is 1.60. The van der Waals surface area contributed by atoms with Gasteiger partial charge in [0.2, 0.25) is 5.91 Å². The van der Waals surface area contributed by atoms with E-state index in [1.165, 1.54) is 47.4 Å². The largest absolute Gasteiger partial charge is 0.494 e. The Morgan fingerprint density at radius 3 is 2.83 bits per heavy atom. The predicted octanol–water partition coefficient (Wildman–Crippen LogP) is 4.56. The van der Waals surface area contributed by atoms with E-state index in [-0.39, 0.29) is 17.5 Å². The fraction of sp³-hybridized carbons (Fsp3) is 0.176. The average molecular weight is 362 g/mol. The van der Waals surface area contributed by atoms with Crippen molar-refractivity contribution in [3.63, 3.8) is 0 Å². The summed E-state index contributed by atoms with van der Waals surface area (Å²) >= 11 is 2.91. The van der Waals surface area contributed by atoms with E-state index in [0.717, 1.165) is 20.3 Å². The zero-order valence-corrected chi connectivity index (χ0v) is 14.5. The lowest BCUT2D eigenvalue weighted by atomic mass is 10.3. The van der Waals surface area contributed by atoms with Gasteiger partial charge in [0.25, 0.3) is 0 Å². The van der Waals surface area contributed by atoms with Crippen LogP contribution in [0.1, 0.15) is 6.92 Å². The minimum absolute atomic E-state index is 0.152. The number of hydrogen-bond acceptors (Lipinski definition) is 5. The number of hydrogen-bond donors (Lipinski definition) is 1. The summed E-state index contributed by atoms with van der Waals surface area (Å²) in [6.07, 6.45) is 0. The Morgan fingerprint density at radius 2 is 2.08 bits per heavy atom. The number of fused-ring (bicyclic) bond motifs is 1. The zero-order valence-electron chi connectivity index (χ0n) is 12.9. The maximum absolute atomic E-state index is 12.8. The van der Waals surface area contributed by atoms with Gasteiger partial charge in [0.15, 0.2) is 4.34 Å². The highest BCUT2D eigenvalue weighted by Crippen LogP contribution is 2.31. The number of amides is 1. The van der Waals surface area contributed by atoms with E-state index in [0.29, 0.717) is 12.3 Å². The second-order valence-electron chi connectivity index (χ2n) is 4.89. The van der Waals surface area contributed by atoms with Gasteiger partial charge in [0.05, 0.1) is 22.6 Å².